The minimum atomic E-state index is 0.336. The van der Waals surface area contributed by atoms with Crippen LogP contribution in [0, 0.1) is 12.3 Å². The quantitative estimate of drug-likeness (QED) is 0.861. The van der Waals surface area contributed by atoms with E-state index >= 15 is 0 Å². The Bertz CT molecular complexity index is 503. The van der Waals surface area contributed by atoms with Gasteiger partial charge >= 0.3 is 0 Å². The number of ether oxygens (including phenoxy) is 1. The third-order valence-electron chi connectivity index (χ3n) is 4.58. The van der Waals surface area contributed by atoms with Gasteiger partial charge in [0, 0.05) is 18.4 Å². The van der Waals surface area contributed by atoms with Crippen LogP contribution in [0.5, 0.6) is 0 Å². The topological polar surface area (TPSA) is 53.1 Å². The van der Waals surface area contributed by atoms with Crippen molar-refractivity contribution < 1.29 is 4.74 Å². The van der Waals surface area contributed by atoms with Crippen molar-refractivity contribution in [2.24, 2.45) is 0 Å². The van der Waals surface area contributed by atoms with Crippen LogP contribution in [0.25, 0.3) is 0 Å². The summed E-state index contributed by atoms with van der Waals surface area (Å²) in [6.45, 7) is 2.12. The molecule has 1 atom stereocenters. The first-order chi connectivity index (χ1) is 9.81. The van der Waals surface area contributed by atoms with Crippen LogP contribution in [-0.4, -0.2) is 22.8 Å². The van der Waals surface area contributed by atoms with Gasteiger partial charge in [-0.1, -0.05) is 18.8 Å². The van der Waals surface area contributed by atoms with Crippen LogP contribution in [0.15, 0.2) is 0 Å². The average molecular weight is 273 g/mol. The first kappa shape index (κ1) is 13.5. The number of hydrogen-bond donors (Lipinski definition) is 1. The molecular weight excluding hydrogens is 250 g/mol. The van der Waals surface area contributed by atoms with Crippen LogP contribution in [0.2, 0.25) is 0 Å². The Morgan fingerprint density at radius 2 is 2.00 bits per heavy atom. The number of anilines is 1. The van der Waals surface area contributed by atoms with E-state index in [0.29, 0.717) is 18.4 Å². The lowest BCUT2D eigenvalue weighted by Gasteiger charge is -2.20. The third kappa shape index (κ3) is 2.43. The van der Waals surface area contributed by atoms with Crippen molar-refractivity contribution in [1.29, 1.82) is 0 Å². The van der Waals surface area contributed by atoms with E-state index in [1.54, 1.807) is 0 Å². The zero-order valence-corrected chi connectivity index (χ0v) is 12.0. The average Bonchev–Trinajstić information content (AvgIpc) is 3.10. The molecule has 4 heteroatoms. The maximum Gasteiger partial charge on any atom is 0.128 e. The molecule has 2 N–H and O–H groups in total. The van der Waals surface area contributed by atoms with E-state index in [1.165, 1.54) is 25.7 Å². The fourth-order valence-corrected chi connectivity index (χ4v) is 3.51. The molecule has 108 valence electrons. The number of rotatable bonds is 3. The van der Waals surface area contributed by atoms with Crippen LogP contribution < -0.4 is 5.73 Å². The Kier molecular flexibility index (Phi) is 3.98. The molecular formula is C16H23N3O. The molecule has 0 bridgehead atoms. The molecule has 0 aromatic carbocycles. The molecule has 1 aromatic rings. The van der Waals surface area contributed by atoms with Crippen molar-refractivity contribution in [3.05, 3.63) is 11.5 Å². The highest BCUT2D eigenvalue weighted by atomic mass is 16.5. The molecule has 0 amide bonds. The van der Waals surface area contributed by atoms with Crippen LogP contribution in [-0.2, 0) is 11.3 Å². The number of imidazole rings is 1. The number of nitrogens with zero attached hydrogens (tertiary/aromatic N) is 2. The standard InChI is InChI=1S/C16H23N3O/c1-2-9-19-15(17)14(13-8-5-10-20-11-13)18-16(19)12-6-3-4-7-12/h1,12-13H,3-11,17H2. The van der Waals surface area contributed by atoms with Gasteiger partial charge in [-0.05, 0) is 25.7 Å². The van der Waals surface area contributed by atoms with Crippen molar-refractivity contribution in [1.82, 2.24) is 9.55 Å². The van der Waals surface area contributed by atoms with Gasteiger partial charge in [0.05, 0.1) is 18.8 Å². The van der Waals surface area contributed by atoms with Gasteiger partial charge in [0.2, 0.25) is 0 Å². The highest BCUT2D eigenvalue weighted by molar-refractivity contribution is 5.42. The zero-order valence-electron chi connectivity index (χ0n) is 12.0. The van der Waals surface area contributed by atoms with Crippen LogP contribution in [0.3, 0.4) is 0 Å². The molecule has 20 heavy (non-hydrogen) atoms. The lowest BCUT2D eigenvalue weighted by molar-refractivity contribution is 0.0795. The first-order valence-electron chi connectivity index (χ1n) is 7.68. The molecule has 3 rings (SSSR count). The van der Waals surface area contributed by atoms with E-state index in [-0.39, 0.29) is 0 Å². The van der Waals surface area contributed by atoms with Crippen molar-refractivity contribution in [3.8, 4) is 12.3 Å². The first-order valence-corrected chi connectivity index (χ1v) is 7.68. The minimum absolute atomic E-state index is 0.336. The molecule has 0 spiro atoms. The van der Waals surface area contributed by atoms with E-state index in [1.807, 2.05) is 0 Å². The largest absolute Gasteiger partial charge is 0.384 e. The Hall–Kier alpha value is -1.47. The molecule has 1 aliphatic heterocycles. The molecule has 1 aromatic heterocycles. The maximum absolute atomic E-state index is 6.34. The number of nitrogen functional groups attached to an aromatic ring is 1. The summed E-state index contributed by atoms with van der Waals surface area (Å²) in [5, 5.41) is 0. The lowest BCUT2D eigenvalue weighted by atomic mass is 9.98. The van der Waals surface area contributed by atoms with E-state index in [9.17, 15) is 0 Å². The second kappa shape index (κ2) is 5.88. The summed E-state index contributed by atoms with van der Waals surface area (Å²) >= 11 is 0. The van der Waals surface area contributed by atoms with Crippen LogP contribution in [0.1, 0.15) is 61.9 Å². The Labute approximate surface area is 120 Å². The van der Waals surface area contributed by atoms with E-state index in [2.05, 4.69) is 10.5 Å². The summed E-state index contributed by atoms with van der Waals surface area (Å²) in [6, 6.07) is 0. The van der Waals surface area contributed by atoms with Gasteiger partial charge in [0.25, 0.3) is 0 Å². The van der Waals surface area contributed by atoms with Crippen molar-refractivity contribution in [2.45, 2.75) is 56.9 Å². The molecule has 1 saturated heterocycles. The van der Waals surface area contributed by atoms with Gasteiger partial charge in [-0.3, -0.25) is 0 Å². The summed E-state index contributed by atoms with van der Waals surface area (Å²) in [5.74, 6) is 5.46. The molecule has 1 aliphatic carbocycles. The smallest absolute Gasteiger partial charge is 0.128 e. The van der Waals surface area contributed by atoms with Crippen molar-refractivity contribution in [3.63, 3.8) is 0 Å². The molecule has 2 fully saturated rings. The SMILES string of the molecule is C#CCn1c(C2CCCC2)nc(C2CCCOC2)c1N. The van der Waals surface area contributed by atoms with Crippen LogP contribution in [0.4, 0.5) is 5.82 Å². The van der Waals surface area contributed by atoms with Gasteiger partial charge < -0.3 is 15.0 Å². The maximum atomic E-state index is 6.34. The molecule has 0 radical (unpaired) electrons. The molecule has 2 heterocycles. The summed E-state index contributed by atoms with van der Waals surface area (Å²) in [4.78, 5) is 4.90. The van der Waals surface area contributed by atoms with Gasteiger partial charge in [-0.2, -0.15) is 0 Å². The summed E-state index contributed by atoms with van der Waals surface area (Å²) < 4.78 is 7.64. The lowest BCUT2D eigenvalue weighted by Crippen LogP contribution is -2.17. The highest BCUT2D eigenvalue weighted by Gasteiger charge is 2.28. The minimum Gasteiger partial charge on any atom is -0.384 e. The third-order valence-corrected chi connectivity index (χ3v) is 4.58. The molecule has 1 unspecified atom stereocenters. The summed E-state index contributed by atoms with van der Waals surface area (Å²) in [5.41, 5.74) is 7.35. The Morgan fingerprint density at radius 3 is 2.65 bits per heavy atom. The van der Waals surface area contributed by atoms with Gasteiger partial charge in [-0.15, -0.1) is 6.42 Å². The van der Waals surface area contributed by atoms with Crippen LogP contribution >= 0.6 is 0 Å². The van der Waals surface area contributed by atoms with E-state index in [0.717, 1.165) is 43.4 Å². The highest BCUT2D eigenvalue weighted by Crippen LogP contribution is 2.37. The van der Waals surface area contributed by atoms with Gasteiger partial charge in [0.1, 0.15) is 11.6 Å². The van der Waals surface area contributed by atoms with E-state index < -0.39 is 0 Å². The zero-order chi connectivity index (χ0) is 13.9. The molecule has 2 aliphatic rings. The fraction of sp³-hybridized carbons (Fsp3) is 0.688. The normalized spacial score (nSPS) is 23.9. The number of aromatic nitrogens is 2. The monoisotopic (exact) mass is 273 g/mol. The number of nitrogens with two attached hydrogens (primary N) is 1. The van der Waals surface area contributed by atoms with Crippen molar-refractivity contribution >= 4 is 5.82 Å². The second-order valence-corrected chi connectivity index (χ2v) is 5.93. The number of terminal acetylenes is 1. The van der Waals surface area contributed by atoms with Crippen molar-refractivity contribution in [2.75, 3.05) is 18.9 Å². The Morgan fingerprint density at radius 1 is 1.25 bits per heavy atom. The van der Waals surface area contributed by atoms with Gasteiger partial charge in [-0.25, -0.2) is 4.98 Å². The molecule has 1 saturated carbocycles. The Balaban J connectivity index is 1.94. The second-order valence-electron chi connectivity index (χ2n) is 5.93. The summed E-state index contributed by atoms with van der Waals surface area (Å²) in [7, 11) is 0. The van der Waals surface area contributed by atoms with Gasteiger partial charge in [0.15, 0.2) is 0 Å². The van der Waals surface area contributed by atoms with E-state index in [4.69, 9.17) is 21.9 Å². The molecule has 4 nitrogen and oxygen atoms in total. The number of hydrogen-bond acceptors (Lipinski definition) is 3. The fourth-order valence-electron chi connectivity index (χ4n) is 3.51. The predicted octanol–water partition coefficient (Wildman–Crippen LogP) is 2.65. The predicted molar refractivity (Wildman–Crippen MR) is 79.5 cm³/mol. The summed E-state index contributed by atoms with van der Waals surface area (Å²) in [6.07, 6.45) is 12.7.